The summed E-state index contributed by atoms with van der Waals surface area (Å²) in [6.45, 7) is 3.37. The quantitative estimate of drug-likeness (QED) is 0.380. The Kier molecular flexibility index (Phi) is 8.81. The Balaban J connectivity index is 0.00000312. The van der Waals surface area contributed by atoms with Crippen molar-refractivity contribution in [2.24, 2.45) is 4.99 Å². The van der Waals surface area contributed by atoms with Gasteiger partial charge in [-0.15, -0.1) is 24.0 Å². The first-order valence-electron chi connectivity index (χ1n) is 7.69. The molecule has 1 aromatic heterocycles. The average molecular weight is 467 g/mol. The number of guanidine groups is 1. The molecule has 0 saturated heterocycles. The molecular weight excluding hydrogens is 446 g/mol. The summed E-state index contributed by atoms with van der Waals surface area (Å²) >= 11 is 0. The lowest BCUT2D eigenvalue weighted by Crippen LogP contribution is -2.38. The van der Waals surface area contributed by atoms with E-state index in [2.05, 4.69) is 15.6 Å². The van der Waals surface area contributed by atoms with Crippen LogP contribution < -0.4 is 10.6 Å². The summed E-state index contributed by atoms with van der Waals surface area (Å²) in [5, 5.41) is 6.19. The summed E-state index contributed by atoms with van der Waals surface area (Å²) in [5.41, 5.74) is -0.154. The molecule has 0 atom stereocenters. The summed E-state index contributed by atoms with van der Waals surface area (Å²) in [5.74, 6) is 1.41. The number of nitrogens with one attached hydrogen (secondary N) is 2. The van der Waals surface area contributed by atoms with Crippen LogP contribution in [0, 0.1) is 0 Å². The van der Waals surface area contributed by atoms with Gasteiger partial charge in [-0.3, -0.25) is 0 Å². The van der Waals surface area contributed by atoms with Gasteiger partial charge < -0.3 is 15.1 Å². The molecule has 0 unspecified atom stereocenters. The third-order valence-electron chi connectivity index (χ3n) is 3.26. The second-order valence-electron chi connectivity index (χ2n) is 5.15. The topological polar surface area (TPSA) is 49.6 Å². The minimum absolute atomic E-state index is 0. The largest absolute Gasteiger partial charge is 0.469 e. The van der Waals surface area contributed by atoms with E-state index in [-0.39, 0.29) is 30.5 Å². The summed E-state index contributed by atoms with van der Waals surface area (Å²) in [6, 6.07) is 8.91. The van der Waals surface area contributed by atoms with Crippen molar-refractivity contribution in [2.45, 2.75) is 26.1 Å². The van der Waals surface area contributed by atoms with Gasteiger partial charge in [0.25, 0.3) is 0 Å². The van der Waals surface area contributed by atoms with Crippen LogP contribution in [-0.4, -0.2) is 19.0 Å². The predicted molar refractivity (Wildman–Crippen MR) is 102 cm³/mol. The fraction of sp³-hybridized carbons (Fsp3) is 0.353. The van der Waals surface area contributed by atoms with Crippen LogP contribution in [0.4, 0.5) is 13.2 Å². The maximum atomic E-state index is 12.7. The molecule has 0 bridgehead atoms. The Labute approximate surface area is 161 Å². The zero-order valence-corrected chi connectivity index (χ0v) is 16.1. The molecule has 4 nitrogen and oxygen atoms in total. The van der Waals surface area contributed by atoms with Crippen LogP contribution >= 0.6 is 24.0 Å². The number of alkyl halides is 3. The smallest absolute Gasteiger partial charge is 0.416 e. The Hall–Kier alpha value is -1.71. The highest BCUT2D eigenvalue weighted by atomic mass is 127. The number of aliphatic imine (C=N–C) groups is 1. The third-order valence-corrected chi connectivity index (χ3v) is 3.26. The lowest BCUT2D eigenvalue weighted by Gasteiger charge is -2.11. The molecule has 2 rings (SSSR count). The fourth-order valence-electron chi connectivity index (χ4n) is 2.12. The molecular formula is C17H21F3IN3O. The molecule has 0 aliphatic carbocycles. The second kappa shape index (κ2) is 10.3. The van der Waals surface area contributed by atoms with Crippen LogP contribution in [0.15, 0.2) is 52.1 Å². The van der Waals surface area contributed by atoms with Crippen LogP contribution in [0.5, 0.6) is 0 Å². The van der Waals surface area contributed by atoms with Gasteiger partial charge in [-0.2, -0.15) is 13.2 Å². The molecule has 0 radical (unpaired) electrons. The van der Waals surface area contributed by atoms with Gasteiger partial charge in [0.1, 0.15) is 5.76 Å². The highest BCUT2D eigenvalue weighted by Crippen LogP contribution is 2.29. The number of rotatable bonds is 6. The molecule has 0 fully saturated rings. The molecule has 138 valence electrons. The van der Waals surface area contributed by atoms with Crippen LogP contribution in [0.1, 0.15) is 23.8 Å². The van der Waals surface area contributed by atoms with Crippen LogP contribution in [0.25, 0.3) is 0 Å². The lowest BCUT2D eigenvalue weighted by atomic mass is 10.1. The number of halogens is 4. The van der Waals surface area contributed by atoms with E-state index in [1.807, 2.05) is 19.1 Å². The highest BCUT2D eigenvalue weighted by Gasteiger charge is 2.30. The molecule has 2 N–H and O–H groups in total. The van der Waals surface area contributed by atoms with Crippen molar-refractivity contribution >= 4 is 29.9 Å². The van der Waals surface area contributed by atoms with E-state index >= 15 is 0 Å². The van der Waals surface area contributed by atoms with E-state index in [0.29, 0.717) is 31.0 Å². The normalized spacial score (nSPS) is 11.8. The first-order chi connectivity index (χ1) is 11.5. The number of benzene rings is 1. The van der Waals surface area contributed by atoms with Gasteiger partial charge in [0.05, 0.1) is 18.4 Å². The maximum absolute atomic E-state index is 12.7. The first kappa shape index (κ1) is 21.3. The molecule has 0 spiro atoms. The minimum Gasteiger partial charge on any atom is -0.469 e. The van der Waals surface area contributed by atoms with E-state index in [1.54, 1.807) is 12.3 Å². The first-order valence-corrected chi connectivity index (χ1v) is 7.69. The van der Waals surface area contributed by atoms with Crippen LogP contribution in [0.2, 0.25) is 0 Å². The number of nitrogens with zero attached hydrogens (tertiary/aromatic N) is 1. The Morgan fingerprint density at radius 1 is 1.16 bits per heavy atom. The summed E-state index contributed by atoms with van der Waals surface area (Å²) in [7, 11) is 0. The Morgan fingerprint density at radius 2 is 1.96 bits per heavy atom. The Morgan fingerprint density at radius 3 is 2.60 bits per heavy atom. The van der Waals surface area contributed by atoms with E-state index in [1.165, 1.54) is 6.07 Å². The average Bonchev–Trinajstić information content (AvgIpc) is 3.05. The maximum Gasteiger partial charge on any atom is 0.416 e. The van der Waals surface area contributed by atoms with Crippen molar-refractivity contribution in [1.82, 2.24) is 10.6 Å². The SMILES string of the molecule is CCNC(=NCc1cccc(C(F)(F)F)c1)NCCc1ccco1.I. The number of hydrogen-bond donors (Lipinski definition) is 2. The monoisotopic (exact) mass is 467 g/mol. The van der Waals surface area contributed by atoms with Crippen LogP contribution in [0.3, 0.4) is 0 Å². The standard InChI is InChI=1S/C17H20F3N3O.HI/c1-2-21-16(22-9-8-15-7-4-10-24-15)23-12-13-5-3-6-14(11-13)17(18,19)20;/h3-7,10-11H,2,8-9,12H2,1H3,(H2,21,22,23);1H. The minimum atomic E-state index is -4.34. The van der Waals surface area contributed by atoms with Gasteiger partial charge in [-0.05, 0) is 36.8 Å². The third kappa shape index (κ3) is 7.37. The Bertz CT molecular complexity index is 657. The molecule has 1 aromatic carbocycles. The zero-order chi connectivity index (χ0) is 17.4. The number of furan rings is 1. The van der Waals surface area contributed by atoms with Gasteiger partial charge in [0, 0.05) is 19.5 Å². The van der Waals surface area contributed by atoms with Gasteiger partial charge in [0.2, 0.25) is 0 Å². The van der Waals surface area contributed by atoms with Crippen molar-refractivity contribution in [3.05, 3.63) is 59.5 Å². The fourth-order valence-corrected chi connectivity index (χ4v) is 2.12. The van der Waals surface area contributed by atoms with Crippen molar-refractivity contribution in [3.63, 3.8) is 0 Å². The zero-order valence-electron chi connectivity index (χ0n) is 13.8. The van der Waals surface area contributed by atoms with Crippen LogP contribution in [-0.2, 0) is 19.1 Å². The molecule has 8 heteroatoms. The predicted octanol–water partition coefficient (Wildman–Crippen LogP) is 4.21. The van der Waals surface area contributed by atoms with Crippen molar-refractivity contribution < 1.29 is 17.6 Å². The highest BCUT2D eigenvalue weighted by molar-refractivity contribution is 14.0. The van der Waals surface area contributed by atoms with E-state index in [0.717, 1.165) is 17.9 Å². The molecule has 0 aliphatic rings. The molecule has 0 saturated carbocycles. The summed E-state index contributed by atoms with van der Waals surface area (Å²) in [6.07, 6.45) is -2.03. The second-order valence-corrected chi connectivity index (χ2v) is 5.15. The molecule has 1 heterocycles. The molecule has 0 aliphatic heterocycles. The van der Waals surface area contributed by atoms with E-state index < -0.39 is 11.7 Å². The van der Waals surface area contributed by atoms with Gasteiger partial charge >= 0.3 is 6.18 Å². The van der Waals surface area contributed by atoms with Crippen molar-refractivity contribution in [3.8, 4) is 0 Å². The van der Waals surface area contributed by atoms with E-state index in [9.17, 15) is 13.2 Å². The lowest BCUT2D eigenvalue weighted by molar-refractivity contribution is -0.137. The van der Waals surface area contributed by atoms with Gasteiger partial charge in [-0.1, -0.05) is 12.1 Å². The van der Waals surface area contributed by atoms with Crippen molar-refractivity contribution in [1.29, 1.82) is 0 Å². The molecule has 0 amide bonds. The molecule has 2 aromatic rings. The summed E-state index contributed by atoms with van der Waals surface area (Å²) in [4.78, 5) is 4.32. The van der Waals surface area contributed by atoms with Gasteiger partial charge in [-0.25, -0.2) is 4.99 Å². The molecule has 25 heavy (non-hydrogen) atoms. The number of hydrogen-bond acceptors (Lipinski definition) is 2. The van der Waals surface area contributed by atoms with Crippen molar-refractivity contribution in [2.75, 3.05) is 13.1 Å². The van der Waals surface area contributed by atoms with E-state index in [4.69, 9.17) is 4.42 Å². The van der Waals surface area contributed by atoms with Gasteiger partial charge in [0.15, 0.2) is 5.96 Å². The summed E-state index contributed by atoms with van der Waals surface area (Å²) < 4.78 is 43.4.